The first-order chi connectivity index (χ1) is 16.3. The maximum atomic E-state index is 13.1. The number of ether oxygens (including phenoxy) is 3. The standard InChI is InChI=1S/C24H24N2O8/c1-2-20(28)34-24(13-19(27)25-22(24)30)26(23(31)33-16-18-11-7-4-8-12-18)14-21(29)32-15-17-9-5-3-6-10-17/h3-12H,2,13-16H2,1H3,(H,25,27,30). The number of benzene rings is 2. The van der Waals surface area contributed by atoms with E-state index >= 15 is 0 Å². The van der Waals surface area contributed by atoms with Crippen LogP contribution in [0.3, 0.4) is 0 Å². The van der Waals surface area contributed by atoms with E-state index < -0.39 is 48.5 Å². The van der Waals surface area contributed by atoms with Gasteiger partial charge in [-0.05, 0) is 11.1 Å². The van der Waals surface area contributed by atoms with E-state index in [1.807, 2.05) is 5.32 Å². The highest BCUT2D eigenvalue weighted by molar-refractivity contribution is 6.09. The topological polar surface area (TPSA) is 128 Å². The largest absolute Gasteiger partial charge is 0.459 e. The number of rotatable bonds is 9. The van der Waals surface area contributed by atoms with Crippen LogP contribution in [-0.2, 0) is 46.6 Å². The van der Waals surface area contributed by atoms with Gasteiger partial charge in [0.2, 0.25) is 5.91 Å². The predicted octanol–water partition coefficient (Wildman–Crippen LogP) is 2.06. The third-order valence-corrected chi connectivity index (χ3v) is 4.97. The normalized spacial score (nSPS) is 17.0. The van der Waals surface area contributed by atoms with Crippen molar-refractivity contribution in [1.29, 1.82) is 0 Å². The Labute approximate surface area is 195 Å². The van der Waals surface area contributed by atoms with Crippen molar-refractivity contribution >= 4 is 29.8 Å². The summed E-state index contributed by atoms with van der Waals surface area (Å²) < 4.78 is 15.8. The molecule has 0 saturated carbocycles. The van der Waals surface area contributed by atoms with E-state index in [0.717, 1.165) is 0 Å². The third-order valence-electron chi connectivity index (χ3n) is 4.97. The fraction of sp³-hybridized carbons (Fsp3) is 0.292. The molecule has 1 fully saturated rings. The zero-order chi connectivity index (χ0) is 24.6. The van der Waals surface area contributed by atoms with Crippen LogP contribution in [0.25, 0.3) is 0 Å². The van der Waals surface area contributed by atoms with Crippen LogP contribution < -0.4 is 5.32 Å². The molecule has 2 aromatic rings. The van der Waals surface area contributed by atoms with Gasteiger partial charge in [0, 0.05) is 6.42 Å². The molecule has 0 bridgehead atoms. The van der Waals surface area contributed by atoms with Gasteiger partial charge in [-0.1, -0.05) is 67.6 Å². The highest BCUT2D eigenvalue weighted by atomic mass is 16.6. The first-order valence-corrected chi connectivity index (χ1v) is 10.6. The number of esters is 2. The van der Waals surface area contributed by atoms with Crippen molar-refractivity contribution in [3.05, 3.63) is 71.8 Å². The zero-order valence-electron chi connectivity index (χ0n) is 18.5. The Morgan fingerprint density at radius 3 is 1.94 bits per heavy atom. The van der Waals surface area contributed by atoms with E-state index in [1.54, 1.807) is 60.7 Å². The van der Waals surface area contributed by atoms with E-state index in [0.29, 0.717) is 16.0 Å². The molecule has 3 rings (SSSR count). The van der Waals surface area contributed by atoms with Crippen molar-refractivity contribution in [3.63, 3.8) is 0 Å². The molecule has 1 aliphatic heterocycles. The molecule has 1 N–H and O–H groups in total. The third kappa shape index (κ3) is 5.97. The summed E-state index contributed by atoms with van der Waals surface area (Å²) in [6, 6.07) is 17.5. The second kappa shape index (κ2) is 11.1. The summed E-state index contributed by atoms with van der Waals surface area (Å²) in [6.45, 7) is 0.428. The minimum absolute atomic E-state index is 0.0839. The van der Waals surface area contributed by atoms with Crippen molar-refractivity contribution in [2.75, 3.05) is 6.54 Å². The number of amides is 3. The van der Waals surface area contributed by atoms with E-state index in [-0.39, 0.29) is 19.6 Å². The lowest BCUT2D eigenvalue weighted by Gasteiger charge is -2.35. The molecular weight excluding hydrogens is 444 g/mol. The van der Waals surface area contributed by atoms with Gasteiger partial charge in [-0.25, -0.2) is 9.69 Å². The van der Waals surface area contributed by atoms with Crippen LogP contribution in [0.2, 0.25) is 0 Å². The molecule has 0 aliphatic carbocycles. The summed E-state index contributed by atoms with van der Waals surface area (Å²) in [7, 11) is 0. The molecule has 0 spiro atoms. The van der Waals surface area contributed by atoms with Gasteiger partial charge in [-0.15, -0.1) is 0 Å². The molecule has 0 radical (unpaired) electrons. The average Bonchev–Trinajstić information content (AvgIpc) is 3.13. The second-order valence-electron chi connectivity index (χ2n) is 7.44. The smallest absolute Gasteiger partial charge is 0.414 e. The van der Waals surface area contributed by atoms with Crippen molar-refractivity contribution in [2.24, 2.45) is 0 Å². The van der Waals surface area contributed by atoms with Gasteiger partial charge in [0.1, 0.15) is 19.8 Å². The van der Waals surface area contributed by atoms with Crippen molar-refractivity contribution in [2.45, 2.75) is 38.7 Å². The molecule has 1 atom stereocenters. The van der Waals surface area contributed by atoms with Gasteiger partial charge in [-0.2, -0.15) is 0 Å². The molecule has 1 unspecified atom stereocenters. The van der Waals surface area contributed by atoms with Gasteiger partial charge < -0.3 is 14.2 Å². The molecule has 2 aromatic carbocycles. The number of carbonyl (C=O) groups excluding carboxylic acids is 5. The highest BCUT2D eigenvalue weighted by Gasteiger charge is 2.58. The number of nitrogens with zero attached hydrogens (tertiary/aromatic N) is 1. The minimum atomic E-state index is -2.37. The summed E-state index contributed by atoms with van der Waals surface area (Å²) in [4.78, 5) is 63.2. The molecule has 0 aromatic heterocycles. The number of nitrogens with one attached hydrogen (secondary N) is 1. The van der Waals surface area contributed by atoms with Crippen LogP contribution in [0.15, 0.2) is 60.7 Å². The quantitative estimate of drug-likeness (QED) is 0.256. The summed E-state index contributed by atoms with van der Waals surface area (Å²) in [5.41, 5.74) is -1.02. The highest BCUT2D eigenvalue weighted by Crippen LogP contribution is 2.29. The first kappa shape index (κ1) is 24.4. The van der Waals surface area contributed by atoms with Gasteiger partial charge in [0.05, 0.1) is 6.42 Å². The Bertz CT molecular complexity index is 1060. The summed E-state index contributed by atoms with van der Waals surface area (Å²) in [5.74, 6) is -3.55. The van der Waals surface area contributed by atoms with Crippen molar-refractivity contribution in [1.82, 2.24) is 10.2 Å². The Balaban J connectivity index is 1.83. The van der Waals surface area contributed by atoms with Crippen LogP contribution >= 0.6 is 0 Å². The van der Waals surface area contributed by atoms with E-state index in [4.69, 9.17) is 14.2 Å². The van der Waals surface area contributed by atoms with E-state index in [1.165, 1.54) is 6.92 Å². The molecule has 3 amide bonds. The Morgan fingerprint density at radius 1 is 0.882 bits per heavy atom. The molecule has 178 valence electrons. The maximum Gasteiger partial charge on any atom is 0.414 e. The van der Waals surface area contributed by atoms with Crippen LogP contribution in [-0.4, -0.2) is 47.0 Å². The van der Waals surface area contributed by atoms with Crippen LogP contribution in [0.4, 0.5) is 4.79 Å². The number of imide groups is 1. The summed E-state index contributed by atoms with van der Waals surface area (Å²) >= 11 is 0. The Morgan fingerprint density at radius 2 is 1.44 bits per heavy atom. The Hall–Kier alpha value is -4.21. The molecular formula is C24H24N2O8. The summed E-state index contributed by atoms with van der Waals surface area (Å²) in [5, 5.41) is 2.02. The fourth-order valence-electron chi connectivity index (χ4n) is 3.23. The predicted molar refractivity (Wildman–Crippen MR) is 116 cm³/mol. The number of hydrogen-bond acceptors (Lipinski definition) is 8. The molecule has 1 aliphatic rings. The molecule has 1 saturated heterocycles. The van der Waals surface area contributed by atoms with Crippen molar-refractivity contribution < 1.29 is 38.2 Å². The maximum absolute atomic E-state index is 13.1. The molecule has 34 heavy (non-hydrogen) atoms. The lowest BCUT2D eigenvalue weighted by atomic mass is 10.1. The second-order valence-corrected chi connectivity index (χ2v) is 7.44. The van der Waals surface area contributed by atoms with Gasteiger partial charge in [-0.3, -0.25) is 24.5 Å². The fourth-order valence-corrected chi connectivity index (χ4v) is 3.23. The first-order valence-electron chi connectivity index (χ1n) is 10.6. The monoisotopic (exact) mass is 468 g/mol. The van der Waals surface area contributed by atoms with Gasteiger partial charge >= 0.3 is 18.0 Å². The van der Waals surface area contributed by atoms with Crippen molar-refractivity contribution in [3.8, 4) is 0 Å². The van der Waals surface area contributed by atoms with E-state index in [9.17, 15) is 24.0 Å². The lowest BCUT2D eigenvalue weighted by Crippen LogP contribution is -2.60. The SMILES string of the molecule is CCC(=O)OC1(N(CC(=O)OCc2ccccc2)C(=O)OCc2ccccc2)CC(=O)NC1=O. The molecule has 10 heteroatoms. The zero-order valence-corrected chi connectivity index (χ0v) is 18.5. The van der Waals surface area contributed by atoms with Crippen LogP contribution in [0.5, 0.6) is 0 Å². The van der Waals surface area contributed by atoms with Gasteiger partial charge in [0.15, 0.2) is 0 Å². The summed E-state index contributed by atoms with van der Waals surface area (Å²) in [6.07, 6.45) is -1.94. The van der Waals surface area contributed by atoms with E-state index in [2.05, 4.69) is 0 Å². The molecule has 1 heterocycles. The lowest BCUT2D eigenvalue weighted by molar-refractivity contribution is -0.187. The van der Waals surface area contributed by atoms with Crippen LogP contribution in [0, 0.1) is 0 Å². The number of hydrogen-bond donors (Lipinski definition) is 1. The Kier molecular flexibility index (Phi) is 7.96. The number of carbonyl (C=O) groups is 5. The minimum Gasteiger partial charge on any atom is -0.459 e. The van der Waals surface area contributed by atoms with Gasteiger partial charge in [0.25, 0.3) is 11.6 Å². The average molecular weight is 468 g/mol. The molecule has 10 nitrogen and oxygen atoms in total. The van der Waals surface area contributed by atoms with Crippen LogP contribution in [0.1, 0.15) is 30.9 Å².